The van der Waals surface area contributed by atoms with Gasteiger partial charge >= 0.3 is 6.03 Å². The zero-order valence-electron chi connectivity index (χ0n) is 13.8. The molecule has 122 valence electrons. The van der Waals surface area contributed by atoms with E-state index in [2.05, 4.69) is 5.32 Å². The molecule has 0 radical (unpaired) electrons. The number of aliphatic hydroxyl groups excluding tert-OH is 1. The van der Waals surface area contributed by atoms with Gasteiger partial charge in [-0.2, -0.15) is 0 Å². The highest BCUT2D eigenvalue weighted by Crippen LogP contribution is 2.24. The Morgan fingerprint density at radius 2 is 2.18 bits per heavy atom. The number of ether oxygens (including phenoxy) is 1. The maximum Gasteiger partial charge on any atom is 0.321 e. The molecule has 0 spiro atoms. The standard InChI is InChI=1S/C17H26N2O3/c1-11(2)22-16-6-5-14(9-13(16)4)18-17(21)19-8-7-12(3)15(20)10-19/h5-6,9,11-12,15,20H,7-8,10H2,1-4H3,(H,18,21). The molecule has 1 heterocycles. The predicted octanol–water partition coefficient (Wildman–Crippen LogP) is 3.02. The van der Waals surface area contributed by atoms with Crippen LogP contribution in [-0.2, 0) is 0 Å². The molecule has 0 saturated carbocycles. The molecule has 2 unspecified atom stereocenters. The van der Waals surface area contributed by atoms with Gasteiger partial charge in [0.15, 0.2) is 0 Å². The van der Waals surface area contributed by atoms with Crippen molar-refractivity contribution < 1.29 is 14.6 Å². The average molecular weight is 306 g/mol. The highest BCUT2D eigenvalue weighted by atomic mass is 16.5. The third-order valence-electron chi connectivity index (χ3n) is 3.99. The van der Waals surface area contributed by atoms with Gasteiger partial charge in [0.05, 0.1) is 12.2 Å². The number of amides is 2. The largest absolute Gasteiger partial charge is 0.491 e. The van der Waals surface area contributed by atoms with Gasteiger partial charge in [-0.05, 0) is 56.9 Å². The molecular formula is C17H26N2O3. The number of hydrogen-bond acceptors (Lipinski definition) is 3. The van der Waals surface area contributed by atoms with Crippen molar-refractivity contribution in [2.75, 3.05) is 18.4 Å². The highest BCUT2D eigenvalue weighted by molar-refractivity contribution is 5.89. The number of piperidine rings is 1. The molecule has 0 aromatic heterocycles. The second-order valence-electron chi connectivity index (χ2n) is 6.36. The van der Waals surface area contributed by atoms with Gasteiger partial charge in [-0.25, -0.2) is 4.79 Å². The molecule has 2 amide bonds. The number of urea groups is 1. The Labute approximate surface area is 132 Å². The van der Waals surface area contributed by atoms with Crippen molar-refractivity contribution in [3.63, 3.8) is 0 Å². The lowest BCUT2D eigenvalue weighted by atomic mass is 9.96. The van der Waals surface area contributed by atoms with E-state index in [1.54, 1.807) is 4.90 Å². The van der Waals surface area contributed by atoms with Gasteiger partial charge in [0.1, 0.15) is 5.75 Å². The number of hydrogen-bond donors (Lipinski definition) is 2. The molecule has 2 atom stereocenters. The lowest BCUT2D eigenvalue weighted by Gasteiger charge is -2.34. The molecule has 1 saturated heterocycles. The lowest BCUT2D eigenvalue weighted by molar-refractivity contribution is 0.0464. The number of β-amino-alcohol motifs (C(OH)–C–C–N with tert-alkyl or cyclic N) is 1. The fourth-order valence-electron chi connectivity index (χ4n) is 2.55. The summed E-state index contributed by atoms with van der Waals surface area (Å²) in [5, 5.41) is 12.8. The molecule has 0 aliphatic carbocycles. The van der Waals surface area contributed by atoms with E-state index >= 15 is 0 Å². The van der Waals surface area contributed by atoms with Gasteiger partial charge in [-0.1, -0.05) is 6.92 Å². The minimum absolute atomic E-state index is 0.121. The minimum Gasteiger partial charge on any atom is -0.491 e. The summed E-state index contributed by atoms with van der Waals surface area (Å²) in [4.78, 5) is 13.9. The normalized spacial score (nSPS) is 21.8. The van der Waals surface area contributed by atoms with Gasteiger partial charge in [-0.3, -0.25) is 0 Å². The van der Waals surface area contributed by atoms with Crippen LogP contribution in [0.5, 0.6) is 5.75 Å². The monoisotopic (exact) mass is 306 g/mol. The van der Waals surface area contributed by atoms with E-state index in [-0.39, 0.29) is 18.1 Å². The number of carbonyl (C=O) groups excluding carboxylic acids is 1. The van der Waals surface area contributed by atoms with Crippen LogP contribution >= 0.6 is 0 Å². The number of benzene rings is 1. The number of nitrogens with zero attached hydrogens (tertiary/aromatic N) is 1. The Hall–Kier alpha value is -1.75. The van der Waals surface area contributed by atoms with Gasteiger partial charge in [0, 0.05) is 18.8 Å². The highest BCUT2D eigenvalue weighted by Gasteiger charge is 2.27. The van der Waals surface area contributed by atoms with Crippen molar-refractivity contribution in [3.05, 3.63) is 23.8 Å². The van der Waals surface area contributed by atoms with Crippen LogP contribution in [0.2, 0.25) is 0 Å². The van der Waals surface area contributed by atoms with E-state index < -0.39 is 6.10 Å². The van der Waals surface area contributed by atoms with Crippen molar-refractivity contribution in [3.8, 4) is 5.75 Å². The Bertz CT molecular complexity index is 531. The first kappa shape index (κ1) is 16.6. The van der Waals surface area contributed by atoms with E-state index in [0.717, 1.165) is 23.4 Å². The van der Waals surface area contributed by atoms with Crippen molar-refractivity contribution in [2.45, 2.75) is 46.3 Å². The summed E-state index contributed by atoms with van der Waals surface area (Å²) in [5.74, 6) is 1.08. The van der Waals surface area contributed by atoms with E-state index in [9.17, 15) is 9.90 Å². The topological polar surface area (TPSA) is 61.8 Å². The van der Waals surface area contributed by atoms with Gasteiger partial charge in [-0.15, -0.1) is 0 Å². The number of carbonyl (C=O) groups is 1. The second-order valence-corrected chi connectivity index (χ2v) is 6.36. The van der Waals surface area contributed by atoms with Crippen LogP contribution in [0.15, 0.2) is 18.2 Å². The Morgan fingerprint density at radius 1 is 1.45 bits per heavy atom. The first-order chi connectivity index (χ1) is 10.4. The van der Waals surface area contributed by atoms with Crippen LogP contribution in [0.1, 0.15) is 32.8 Å². The maximum atomic E-state index is 12.3. The molecule has 1 aliphatic heterocycles. The summed E-state index contributed by atoms with van der Waals surface area (Å²) in [7, 11) is 0. The Balaban J connectivity index is 1.98. The van der Waals surface area contributed by atoms with Gasteiger partial charge < -0.3 is 20.1 Å². The smallest absolute Gasteiger partial charge is 0.321 e. The molecular weight excluding hydrogens is 280 g/mol. The molecule has 1 aromatic carbocycles. The molecule has 22 heavy (non-hydrogen) atoms. The van der Waals surface area contributed by atoms with Crippen LogP contribution in [0.4, 0.5) is 10.5 Å². The number of anilines is 1. The molecule has 5 heteroatoms. The lowest BCUT2D eigenvalue weighted by Crippen LogP contribution is -2.47. The average Bonchev–Trinajstić information content (AvgIpc) is 2.44. The summed E-state index contributed by atoms with van der Waals surface area (Å²) in [6.45, 7) is 9.00. The number of likely N-dealkylation sites (tertiary alicyclic amines) is 1. The van der Waals surface area contributed by atoms with Gasteiger partial charge in [0.2, 0.25) is 0 Å². The summed E-state index contributed by atoms with van der Waals surface area (Å²) >= 11 is 0. The fraction of sp³-hybridized carbons (Fsp3) is 0.588. The third-order valence-corrected chi connectivity index (χ3v) is 3.99. The van der Waals surface area contributed by atoms with E-state index in [1.807, 2.05) is 45.9 Å². The summed E-state index contributed by atoms with van der Waals surface area (Å²) < 4.78 is 5.69. The number of rotatable bonds is 3. The first-order valence-corrected chi connectivity index (χ1v) is 7.88. The summed E-state index contributed by atoms with van der Waals surface area (Å²) in [5.41, 5.74) is 1.73. The SMILES string of the molecule is Cc1cc(NC(=O)N2CCC(C)C(O)C2)ccc1OC(C)C. The van der Waals surface area contributed by atoms with Crippen LogP contribution in [0.25, 0.3) is 0 Å². The van der Waals surface area contributed by atoms with Crippen LogP contribution in [0.3, 0.4) is 0 Å². The quantitative estimate of drug-likeness (QED) is 0.902. The fourth-order valence-corrected chi connectivity index (χ4v) is 2.55. The Kier molecular flexibility index (Phi) is 5.29. The number of aryl methyl sites for hydroxylation is 1. The van der Waals surface area contributed by atoms with Crippen molar-refractivity contribution in [1.82, 2.24) is 4.90 Å². The molecule has 2 rings (SSSR count). The summed E-state index contributed by atoms with van der Waals surface area (Å²) in [6.07, 6.45) is 0.508. The first-order valence-electron chi connectivity index (χ1n) is 7.88. The van der Waals surface area contributed by atoms with Crippen molar-refractivity contribution in [2.24, 2.45) is 5.92 Å². The molecule has 5 nitrogen and oxygen atoms in total. The van der Waals surface area contributed by atoms with E-state index in [0.29, 0.717) is 13.1 Å². The zero-order chi connectivity index (χ0) is 16.3. The van der Waals surface area contributed by atoms with Crippen LogP contribution in [-0.4, -0.2) is 41.3 Å². The summed E-state index contributed by atoms with van der Waals surface area (Å²) in [6, 6.07) is 5.45. The zero-order valence-corrected chi connectivity index (χ0v) is 13.8. The second kappa shape index (κ2) is 7.01. The van der Waals surface area contributed by atoms with Crippen molar-refractivity contribution >= 4 is 11.7 Å². The molecule has 1 aromatic rings. The molecule has 2 N–H and O–H groups in total. The maximum absolute atomic E-state index is 12.3. The molecule has 0 bridgehead atoms. The molecule has 1 fully saturated rings. The number of nitrogens with one attached hydrogen (secondary N) is 1. The van der Waals surface area contributed by atoms with Gasteiger partial charge in [0.25, 0.3) is 0 Å². The third kappa shape index (κ3) is 4.13. The van der Waals surface area contributed by atoms with E-state index in [1.165, 1.54) is 0 Å². The Morgan fingerprint density at radius 3 is 2.77 bits per heavy atom. The van der Waals surface area contributed by atoms with Crippen LogP contribution < -0.4 is 10.1 Å². The van der Waals surface area contributed by atoms with Crippen LogP contribution in [0, 0.1) is 12.8 Å². The van der Waals surface area contributed by atoms with E-state index in [4.69, 9.17) is 4.74 Å². The number of aliphatic hydroxyl groups is 1. The predicted molar refractivity (Wildman–Crippen MR) is 87.3 cm³/mol. The van der Waals surface area contributed by atoms with Crippen molar-refractivity contribution in [1.29, 1.82) is 0 Å². The molecule has 1 aliphatic rings. The minimum atomic E-state index is -0.442.